The van der Waals surface area contributed by atoms with Crippen molar-refractivity contribution < 1.29 is 9.47 Å². The zero-order valence-corrected chi connectivity index (χ0v) is 12.4. The number of rotatable bonds is 9. The van der Waals surface area contributed by atoms with Gasteiger partial charge >= 0.3 is 0 Å². The lowest BCUT2D eigenvalue weighted by Gasteiger charge is -2.18. The molecule has 0 amide bonds. The van der Waals surface area contributed by atoms with E-state index in [9.17, 15) is 0 Å². The second-order valence-corrected chi connectivity index (χ2v) is 4.89. The number of ether oxygens (including phenoxy) is 2. The van der Waals surface area contributed by atoms with E-state index < -0.39 is 0 Å². The van der Waals surface area contributed by atoms with Gasteiger partial charge in [0.2, 0.25) is 0 Å². The van der Waals surface area contributed by atoms with Crippen LogP contribution in [0.4, 0.5) is 0 Å². The van der Waals surface area contributed by atoms with Crippen molar-refractivity contribution >= 4 is 0 Å². The van der Waals surface area contributed by atoms with Gasteiger partial charge in [0.05, 0.1) is 19.8 Å². The van der Waals surface area contributed by atoms with E-state index in [1.165, 1.54) is 25.7 Å². The number of methoxy groups -OCH3 is 2. The molecule has 1 atom stereocenters. The van der Waals surface area contributed by atoms with Crippen LogP contribution in [0, 0.1) is 0 Å². The van der Waals surface area contributed by atoms with Crippen LogP contribution in [0.3, 0.4) is 0 Å². The topological polar surface area (TPSA) is 44.5 Å². The molecule has 0 saturated carbocycles. The molecule has 108 valence electrons. The normalized spacial score (nSPS) is 12.2. The monoisotopic (exact) mass is 265 g/mol. The Bertz CT molecular complexity index is 344. The molecule has 3 nitrogen and oxygen atoms in total. The molecule has 0 bridgehead atoms. The zero-order valence-electron chi connectivity index (χ0n) is 12.4. The molecule has 0 aliphatic carbocycles. The van der Waals surface area contributed by atoms with Gasteiger partial charge in [0, 0.05) is 6.04 Å². The molecule has 1 aromatic rings. The lowest BCUT2D eigenvalue weighted by Crippen LogP contribution is -2.13. The molecule has 0 fully saturated rings. The van der Waals surface area contributed by atoms with Gasteiger partial charge in [-0.25, -0.2) is 0 Å². The van der Waals surface area contributed by atoms with Crippen molar-refractivity contribution in [2.75, 3.05) is 14.2 Å². The summed E-state index contributed by atoms with van der Waals surface area (Å²) in [6.45, 7) is 2.23. The third-order valence-electron chi connectivity index (χ3n) is 3.46. The van der Waals surface area contributed by atoms with Gasteiger partial charge in [-0.3, -0.25) is 0 Å². The first-order valence-electron chi connectivity index (χ1n) is 7.21. The SMILES string of the molecule is CCCCCCCC(N)c1c(OC)cccc1OC. The van der Waals surface area contributed by atoms with E-state index >= 15 is 0 Å². The Morgan fingerprint density at radius 1 is 1.00 bits per heavy atom. The highest BCUT2D eigenvalue weighted by Gasteiger charge is 2.16. The van der Waals surface area contributed by atoms with E-state index in [0.717, 1.165) is 29.9 Å². The van der Waals surface area contributed by atoms with Crippen molar-refractivity contribution in [3.8, 4) is 11.5 Å². The summed E-state index contributed by atoms with van der Waals surface area (Å²) < 4.78 is 10.8. The van der Waals surface area contributed by atoms with Gasteiger partial charge in [-0.15, -0.1) is 0 Å². The number of benzene rings is 1. The fraction of sp³-hybridized carbons (Fsp3) is 0.625. The molecule has 0 heterocycles. The average molecular weight is 265 g/mol. The molecule has 0 aromatic heterocycles. The molecule has 1 unspecified atom stereocenters. The van der Waals surface area contributed by atoms with Gasteiger partial charge in [-0.1, -0.05) is 45.1 Å². The fourth-order valence-corrected chi connectivity index (χ4v) is 2.36. The molecule has 3 heteroatoms. The summed E-state index contributed by atoms with van der Waals surface area (Å²) in [5, 5.41) is 0. The Morgan fingerprint density at radius 3 is 2.11 bits per heavy atom. The first-order chi connectivity index (χ1) is 9.24. The lowest BCUT2D eigenvalue weighted by atomic mass is 9.99. The largest absolute Gasteiger partial charge is 0.496 e. The quantitative estimate of drug-likeness (QED) is 0.685. The van der Waals surface area contributed by atoms with Crippen molar-refractivity contribution in [1.82, 2.24) is 0 Å². The summed E-state index contributed by atoms with van der Waals surface area (Å²) in [4.78, 5) is 0. The highest BCUT2D eigenvalue weighted by atomic mass is 16.5. The smallest absolute Gasteiger partial charge is 0.127 e. The lowest BCUT2D eigenvalue weighted by molar-refractivity contribution is 0.375. The maximum atomic E-state index is 6.30. The van der Waals surface area contributed by atoms with E-state index in [-0.39, 0.29) is 6.04 Å². The summed E-state index contributed by atoms with van der Waals surface area (Å²) in [7, 11) is 3.35. The average Bonchev–Trinajstić information content (AvgIpc) is 2.45. The first-order valence-corrected chi connectivity index (χ1v) is 7.21. The van der Waals surface area contributed by atoms with Crippen molar-refractivity contribution in [2.45, 2.75) is 51.5 Å². The number of unbranched alkanes of at least 4 members (excludes halogenated alkanes) is 4. The molecule has 0 aliphatic rings. The minimum Gasteiger partial charge on any atom is -0.496 e. The van der Waals surface area contributed by atoms with Crippen LogP contribution >= 0.6 is 0 Å². The van der Waals surface area contributed by atoms with Crippen LogP contribution < -0.4 is 15.2 Å². The second kappa shape index (κ2) is 8.81. The summed E-state index contributed by atoms with van der Waals surface area (Å²) in [5.41, 5.74) is 7.29. The summed E-state index contributed by atoms with van der Waals surface area (Å²) in [6.07, 6.45) is 7.26. The number of nitrogens with two attached hydrogens (primary N) is 1. The maximum Gasteiger partial charge on any atom is 0.127 e. The van der Waals surface area contributed by atoms with Crippen LogP contribution in [0.1, 0.15) is 57.1 Å². The highest BCUT2D eigenvalue weighted by Crippen LogP contribution is 2.34. The van der Waals surface area contributed by atoms with Crippen LogP contribution in [0.2, 0.25) is 0 Å². The summed E-state index contributed by atoms with van der Waals surface area (Å²) >= 11 is 0. The molecule has 0 spiro atoms. The minimum absolute atomic E-state index is 0.0206. The molecular formula is C16H27NO2. The van der Waals surface area contributed by atoms with Gasteiger partial charge in [0.15, 0.2) is 0 Å². The van der Waals surface area contributed by atoms with Crippen molar-refractivity contribution in [3.05, 3.63) is 23.8 Å². The molecular weight excluding hydrogens is 238 g/mol. The zero-order chi connectivity index (χ0) is 14.1. The molecule has 19 heavy (non-hydrogen) atoms. The van der Waals surface area contributed by atoms with Crippen LogP contribution in [-0.4, -0.2) is 14.2 Å². The van der Waals surface area contributed by atoms with Gasteiger partial charge in [0.1, 0.15) is 11.5 Å². The predicted molar refractivity (Wildman–Crippen MR) is 79.9 cm³/mol. The summed E-state index contributed by atoms with van der Waals surface area (Å²) in [6, 6.07) is 5.78. The van der Waals surface area contributed by atoms with Gasteiger partial charge < -0.3 is 15.2 Å². The third-order valence-corrected chi connectivity index (χ3v) is 3.46. The third kappa shape index (κ3) is 4.75. The Morgan fingerprint density at radius 2 is 1.58 bits per heavy atom. The molecule has 0 radical (unpaired) electrons. The fourth-order valence-electron chi connectivity index (χ4n) is 2.36. The molecule has 0 aliphatic heterocycles. The van der Waals surface area contributed by atoms with Crippen molar-refractivity contribution in [1.29, 1.82) is 0 Å². The Balaban J connectivity index is 2.62. The number of hydrogen-bond donors (Lipinski definition) is 1. The maximum absolute atomic E-state index is 6.30. The van der Waals surface area contributed by atoms with E-state index in [1.54, 1.807) is 14.2 Å². The highest BCUT2D eigenvalue weighted by molar-refractivity contribution is 5.46. The number of hydrogen-bond acceptors (Lipinski definition) is 3. The van der Waals surface area contributed by atoms with Gasteiger partial charge in [0.25, 0.3) is 0 Å². The van der Waals surface area contributed by atoms with Gasteiger partial charge in [-0.05, 0) is 18.6 Å². The predicted octanol–water partition coefficient (Wildman–Crippen LogP) is 4.06. The minimum atomic E-state index is -0.0206. The summed E-state index contributed by atoms with van der Waals surface area (Å²) in [5.74, 6) is 1.64. The molecule has 2 N–H and O–H groups in total. The standard InChI is InChI=1S/C16H27NO2/c1-4-5-6-7-8-10-13(17)16-14(18-2)11-9-12-15(16)19-3/h9,11-13H,4-8,10,17H2,1-3H3. The van der Waals surface area contributed by atoms with Crippen LogP contribution in [-0.2, 0) is 0 Å². The van der Waals surface area contributed by atoms with Crippen LogP contribution in [0.25, 0.3) is 0 Å². The first kappa shape index (κ1) is 15.8. The Kier molecular flexibility index (Phi) is 7.34. The molecule has 0 saturated heterocycles. The van der Waals surface area contributed by atoms with Crippen LogP contribution in [0.15, 0.2) is 18.2 Å². The Hall–Kier alpha value is -1.22. The van der Waals surface area contributed by atoms with E-state index in [4.69, 9.17) is 15.2 Å². The van der Waals surface area contributed by atoms with Crippen molar-refractivity contribution in [2.24, 2.45) is 5.73 Å². The molecule has 1 rings (SSSR count). The van der Waals surface area contributed by atoms with E-state index in [1.807, 2.05) is 18.2 Å². The second-order valence-electron chi connectivity index (χ2n) is 4.89. The van der Waals surface area contributed by atoms with Gasteiger partial charge in [-0.2, -0.15) is 0 Å². The Labute approximate surface area is 117 Å². The van der Waals surface area contributed by atoms with E-state index in [0.29, 0.717) is 0 Å². The van der Waals surface area contributed by atoms with Crippen molar-refractivity contribution in [3.63, 3.8) is 0 Å². The van der Waals surface area contributed by atoms with E-state index in [2.05, 4.69) is 6.92 Å². The van der Waals surface area contributed by atoms with Crippen LogP contribution in [0.5, 0.6) is 11.5 Å². The molecule has 1 aromatic carbocycles.